The van der Waals surface area contributed by atoms with Gasteiger partial charge in [0.15, 0.2) is 0 Å². The second-order valence-electron chi connectivity index (χ2n) is 2.91. The van der Waals surface area contributed by atoms with Crippen LogP contribution in [0, 0.1) is 5.82 Å². The predicted octanol–water partition coefficient (Wildman–Crippen LogP) is 2.07. The summed E-state index contributed by atoms with van der Waals surface area (Å²) >= 11 is 0. The molecule has 0 aliphatic rings. The van der Waals surface area contributed by atoms with Gasteiger partial charge in [0.25, 0.3) is 0 Å². The summed E-state index contributed by atoms with van der Waals surface area (Å²) in [6.45, 7) is 0.459. The van der Waals surface area contributed by atoms with E-state index in [4.69, 9.17) is 10.2 Å². The van der Waals surface area contributed by atoms with Crippen LogP contribution < -0.4 is 5.73 Å². The van der Waals surface area contributed by atoms with Crippen molar-refractivity contribution in [1.82, 2.24) is 0 Å². The van der Waals surface area contributed by atoms with Gasteiger partial charge in [-0.05, 0) is 30.7 Å². The minimum atomic E-state index is -0.211. The molecule has 0 bridgehead atoms. The smallest absolute Gasteiger partial charge is 0.137 e. The zero-order chi connectivity index (χ0) is 9.26. The molecule has 1 aromatic carbocycles. The molecular weight excluding hydrogens is 169 g/mol. The van der Waals surface area contributed by atoms with E-state index in [1.54, 1.807) is 18.2 Å². The second-order valence-corrected chi connectivity index (χ2v) is 2.91. The van der Waals surface area contributed by atoms with Crippen molar-refractivity contribution in [1.29, 1.82) is 0 Å². The average Bonchev–Trinajstić information content (AvgIpc) is 2.58. The Morgan fingerprint density at radius 3 is 2.92 bits per heavy atom. The lowest BCUT2D eigenvalue weighted by molar-refractivity contribution is 0.605. The maximum Gasteiger partial charge on any atom is 0.137 e. The molecule has 0 aliphatic heterocycles. The highest BCUT2D eigenvalue weighted by atomic mass is 19.1. The highest BCUT2D eigenvalue weighted by Gasteiger charge is 2.07. The Labute approximate surface area is 75.1 Å². The molecule has 2 aromatic rings. The number of rotatable bonds is 2. The van der Waals surface area contributed by atoms with Crippen LogP contribution in [0.25, 0.3) is 11.0 Å². The van der Waals surface area contributed by atoms with Gasteiger partial charge in [-0.3, -0.25) is 0 Å². The molecule has 2 nitrogen and oxygen atoms in total. The molecule has 2 rings (SSSR count). The first-order valence-electron chi connectivity index (χ1n) is 4.17. The standard InChI is InChI=1S/C10H10FNO/c11-10-7(3-5-12)1-2-9-8(10)4-6-13-9/h1-2,4,6H,3,5,12H2. The number of hydrogen-bond acceptors (Lipinski definition) is 2. The zero-order valence-corrected chi connectivity index (χ0v) is 7.09. The Kier molecular flexibility index (Phi) is 2.02. The van der Waals surface area contributed by atoms with Gasteiger partial charge in [0.1, 0.15) is 11.4 Å². The lowest BCUT2D eigenvalue weighted by Crippen LogP contribution is -2.04. The van der Waals surface area contributed by atoms with E-state index in [-0.39, 0.29) is 5.82 Å². The van der Waals surface area contributed by atoms with Gasteiger partial charge in [0.05, 0.1) is 11.6 Å². The van der Waals surface area contributed by atoms with Gasteiger partial charge in [-0.1, -0.05) is 6.07 Å². The van der Waals surface area contributed by atoms with Crippen molar-refractivity contribution < 1.29 is 8.81 Å². The number of hydrogen-bond donors (Lipinski definition) is 1. The minimum absolute atomic E-state index is 0.211. The van der Waals surface area contributed by atoms with Crippen LogP contribution in [0.15, 0.2) is 28.9 Å². The second kappa shape index (κ2) is 3.18. The molecule has 0 radical (unpaired) electrons. The molecule has 13 heavy (non-hydrogen) atoms. The fourth-order valence-corrected chi connectivity index (χ4v) is 1.40. The van der Waals surface area contributed by atoms with Crippen molar-refractivity contribution in [3.05, 3.63) is 35.8 Å². The summed E-state index contributed by atoms with van der Waals surface area (Å²) in [7, 11) is 0. The van der Waals surface area contributed by atoms with Gasteiger partial charge in [0, 0.05) is 0 Å². The zero-order valence-electron chi connectivity index (χ0n) is 7.09. The van der Waals surface area contributed by atoms with E-state index in [2.05, 4.69) is 0 Å². The summed E-state index contributed by atoms with van der Waals surface area (Å²) in [5.74, 6) is -0.211. The molecule has 0 spiro atoms. The summed E-state index contributed by atoms with van der Waals surface area (Å²) in [5, 5.41) is 0.533. The van der Waals surface area contributed by atoms with E-state index in [0.717, 1.165) is 0 Å². The summed E-state index contributed by atoms with van der Waals surface area (Å²) < 4.78 is 18.6. The number of nitrogens with two attached hydrogens (primary N) is 1. The Morgan fingerprint density at radius 1 is 1.31 bits per heavy atom. The Balaban J connectivity index is 2.59. The van der Waals surface area contributed by atoms with Crippen LogP contribution in [0.4, 0.5) is 4.39 Å². The summed E-state index contributed by atoms with van der Waals surface area (Å²) in [5.41, 5.74) is 6.59. The van der Waals surface area contributed by atoms with Gasteiger partial charge < -0.3 is 10.2 Å². The molecule has 68 valence electrons. The molecule has 0 atom stereocenters. The quantitative estimate of drug-likeness (QED) is 0.766. The molecular formula is C10H10FNO. The highest BCUT2D eigenvalue weighted by Crippen LogP contribution is 2.21. The first kappa shape index (κ1) is 8.26. The van der Waals surface area contributed by atoms with Crippen molar-refractivity contribution in [2.75, 3.05) is 6.54 Å². The highest BCUT2D eigenvalue weighted by molar-refractivity contribution is 5.78. The van der Waals surface area contributed by atoms with Crippen LogP contribution in [0.5, 0.6) is 0 Å². The van der Waals surface area contributed by atoms with Gasteiger partial charge in [0.2, 0.25) is 0 Å². The third-order valence-corrected chi connectivity index (χ3v) is 2.06. The SMILES string of the molecule is NCCc1ccc2occc2c1F. The Bertz CT molecular complexity index is 422. The monoisotopic (exact) mass is 179 g/mol. The van der Waals surface area contributed by atoms with Gasteiger partial charge >= 0.3 is 0 Å². The predicted molar refractivity (Wildman–Crippen MR) is 48.9 cm³/mol. The van der Waals surface area contributed by atoms with Gasteiger partial charge in [-0.2, -0.15) is 0 Å². The summed E-state index contributed by atoms with van der Waals surface area (Å²) in [6, 6.07) is 5.11. The van der Waals surface area contributed by atoms with Crippen LogP contribution >= 0.6 is 0 Å². The normalized spacial score (nSPS) is 10.9. The third-order valence-electron chi connectivity index (χ3n) is 2.06. The van der Waals surface area contributed by atoms with E-state index in [9.17, 15) is 4.39 Å². The molecule has 0 saturated carbocycles. The molecule has 0 amide bonds. The van der Waals surface area contributed by atoms with Crippen LogP contribution in [-0.2, 0) is 6.42 Å². The summed E-state index contributed by atoms with van der Waals surface area (Å²) in [4.78, 5) is 0. The van der Waals surface area contributed by atoms with Crippen molar-refractivity contribution in [2.24, 2.45) is 5.73 Å². The largest absolute Gasteiger partial charge is 0.464 e. The molecule has 0 saturated heterocycles. The maximum absolute atomic E-state index is 13.6. The molecule has 0 aliphatic carbocycles. The van der Waals surface area contributed by atoms with E-state index >= 15 is 0 Å². The third kappa shape index (κ3) is 1.31. The fourth-order valence-electron chi connectivity index (χ4n) is 1.40. The molecule has 3 heteroatoms. The molecule has 2 N–H and O–H groups in total. The van der Waals surface area contributed by atoms with Gasteiger partial charge in [-0.15, -0.1) is 0 Å². The van der Waals surface area contributed by atoms with E-state index in [1.165, 1.54) is 6.26 Å². The Hall–Kier alpha value is -1.35. The molecule has 1 aromatic heterocycles. The maximum atomic E-state index is 13.6. The first-order chi connectivity index (χ1) is 6.33. The Morgan fingerprint density at radius 2 is 2.15 bits per heavy atom. The van der Waals surface area contributed by atoms with E-state index in [1.807, 2.05) is 0 Å². The average molecular weight is 179 g/mol. The molecule has 0 unspecified atom stereocenters. The first-order valence-corrected chi connectivity index (χ1v) is 4.17. The number of furan rings is 1. The minimum Gasteiger partial charge on any atom is -0.464 e. The molecule has 0 fully saturated rings. The van der Waals surface area contributed by atoms with Crippen LogP contribution in [0.2, 0.25) is 0 Å². The lowest BCUT2D eigenvalue weighted by Gasteiger charge is -2.00. The fraction of sp³-hybridized carbons (Fsp3) is 0.200. The topological polar surface area (TPSA) is 39.2 Å². The van der Waals surface area contributed by atoms with E-state index in [0.29, 0.717) is 29.5 Å². The van der Waals surface area contributed by atoms with E-state index < -0.39 is 0 Å². The number of fused-ring (bicyclic) bond motifs is 1. The van der Waals surface area contributed by atoms with Crippen LogP contribution in [-0.4, -0.2) is 6.54 Å². The van der Waals surface area contributed by atoms with Crippen molar-refractivity contribution in [3.8, 4) is 0 Å². The van der Waals surface area contributed by atoms with Crippen molar-refractivity contribution >= 4 is 11.0 Å². The number of benzene rings is 1. The summed E-state index contributed by atoms with van der Waals surface area (Å²) in [6.07, 6.45) is 2.05. The van der Waals surface area contributed by atoms with Crippen LogP contribution in [0.3, 0.4) is 0 Å². The van der Waals surface area contributed by atoms with Crippen molar-refractivity contribution in [2.45, 2.75) is 6.42 Å². The van der Waals surface area contributed by atoms with Crippen LogP contribution in [0.1, 0.15) is 5.56 Å². The lowest BCUT2D eigenvalue weighted by atomic mass is 10.1. The van der Waals surface area contributed by atoms with Crippen molar-refractivity contribution in [3.63, 3.8) is 0 Å². The number of halogens is 1. The van der Waals surface area contributed by atoms with Gasteiger partial charge in [-0.25, -0.2) is 4.39 Å². The molecule has 1 heterocycles.